The van der Waals surface area contributed by atoms with Gasteiger partial charge in [-0.1, -0.05) is 18.2 Å². The van der Waals surface area contributed by atoms with Crippen LogP contribution in [-0.2, 0) is 16.1 Å². The number of ether oxygens (including phenoxy) is 1. The summed E-state index contributed by atoms with van der Waals surface area (Å²) >= 11 is 0. The molecule has 0 spiro atoms. The fraction of sp³-hybridized carbons (Fsp3) is 0.476. The van der Waals surface area contributed by atoms with Gasteiger partial charge in [0.2, 0.25) is 5.91 Å². The standard InChI is InChI=1S/C21H30N6O2.HI/c1-16-10-11-27(25-16)19-9-5-4-7-17(19)13-22-21(24-15-20(28)26(2)3)23-14-18-8-6-12-29-18;/h4-5,7,9-11,18H,6,8,12-15H2,1-3H3,(H2,22,23,24);1H. The number of carbonyl (C=O) groups is 1. The molecular formula is C21H31IN6O2. The highest BCUT2D eigenvalue weighted by atomic mass is 127. The molecule has 1 atom stereocenters. The summed E-state index contributed by atoms with van der Waals surface area (Å²) in [5, 5.41) is 10.9. The third kappa shape index (κ3) is 6.98. The molecule has 0 radical (unpaired) electrons. The lowest BCUT2D eigenvalue weighted by Crippen LogP contribution is -2.45. The van der Waals surface area contributed by atoms with Crippen molar-refractivity contribution in [1.82, 2.24) is 25.3 Å². The zero-order chi connectivity index (χ0) is 20.6. The van der Waals surface area contributed by atoms with Crippen LogP contribution in [0.1, 0.15) is 24.1 Å². The molecule has 1 aliphatic heterocycles. The second-order valence-electron chi connectivity index (χ2n) is 7.35. The first kappa shape index (κ1) is 24.1. The van der Waals surface area contributed by atoms with Crippen molar-refractivity contribution in [2.45, 2.75) is 32.4 Å². The van der Waals surface area contributed by atoms with Gasteiger partial charge in [-0.25, -0.2) is 9.67 Å². The summed E-state index contributed by atoms with van der Waals surface area (Å²) in [5.74, 6) is 0.589. The van der Waals surface area contributed by atoms with Gasteiger partial charge in [0.15, 0.2) is 5.96 Å². The number of aliphatic imine (C=N–C) groups is 1. The molecule has 1 fully saturated rings. The van der Waals surface area contributed by atoms with E-state index >= 15 is 0 Å². The first-order valence-electron chi connectivity index (χ1n) is 9.97. The second-order valence-corrected chi connectivity index (χ2v) is 7.35. The van der Waals surface area contributed by atoms with Gasteiger partial charge in [-0.15, -0.1) is 24.0 Å². The van der Waals surface area contributed by atoms with E-state index < -0.39 is 0 Å². The van der Waals surface area contributed by atoms with Crippen LogP contribution in [0.25, 0.3) is 5.69 Å². The van der Waals surface area contributed by atoms with Crippen molar-refractivity contribution in [3.05, 3.63) is 47.8 Å². The molecule has 2 aromatic rings. The van der Waals surface area contributed by atoms with Crippen molar-refractivity contribution in [3.8, 4) is 5.69 Å². The Bertz CT molecular complexity index is 846. The molecule has 30 heavy (non-hydrogen) atoms. The minimum atomic E-state index is -0.0102. The van der Waals surface area contributed by atoms with Gasteiger partial charge < -0.3 is 20.3 Å². The number of benzene rings is 1. The van der Waals surface area contributed by atoms with Gasteiger partial charge in [0.25, 0.3) is 0 Å². The van der Waals surface area contributed by atoms with Crippen LogP contribution in [0.3, 0.4) is 0 Å². The predicted molar refractivity (Wildman–Crippen MR) is 129 cm³/mol. The number of nitrogens with zero attached hydrogens (tertiary/aromatic N) is 4. The molecule has 0 saturated carbocycles. The number of amides is 1. The van der Waals surface area contributed by atoms with Crippen LogP contribution in [0, 0.1) is 6.92 Å². The molecule has 9 heteroatoms. The van der Waals surface area contributed by atoms with Crippen LogP contribution in [0.15, 0.2) is 41.5 Å². The lowest BCUT2D eigenvalue weighted by atomic mass is 10.2. The van der Waals surface area contributed by atoms with Gasteiger partial charge in [0, 0.05) is 33.4 Å². The first-order valence-corrected chi connectivity index (χ1v) is 9.97. The van der Waals surface area contributed by atoms with Crippen molar-refractivity contribution in [2.75, 3.05) is 33.8 Å². The topological polar surface area (TPSA) is 83.8 Å². The molecule has 164 valence electrons. The van der Waals surface area contributed by atoms with Gasteiger partial charge in [-0.2, -0.15) is 5.10 Å². The molecule has 2 heterocycles. The Hall–Kier alpha value is -2.14. The van der Waals surface area contributed by atoms with Gasteiger partial charge >= 0.3 is 0 Å². The summed E-state index contributed by atoms with van der Waals surface area (Å²) in [4.78, 5) is 18.2. The van der Waals surface area contributed by atoms with E-state index in [2.05, 4.69) is 15.7 Å². The molecule has 2 N–H and O–H groups in total. The molecule has 1 aromatic carbocycles. The van der Waals surface area contributed by atoms with Crippen LogP contribution in [-0.4, -0.2) is 66.4 Å². The van der Waals surface area contributed by atoms with E-state index in [0.29, 0.717) is 19.0 Å². The summed E-state index contributed by atoms with van der Waals surface area (Å²) in [6.45, 7) is 4.09. The highest BCUT2D eigenvalue weighted by molar-refractivity contribution is 14.0. The summed E-state index contributed by atoms with van der Waals surface area (Å²) < 4.78 is 7.54. The minimum absolute atomic E-state index is 0. The van der Waals surface area contributed by atoms with Crippen LogP contribution >= 0.6 is 24.0 Å². The number of hydrogen-bond donors (Lipinski definition) is 2. The molecule has 0 aliphatic carbocycles. The van der Waals surface area contributed by atoms with Crippen LogP contribution < -0.4 is 10.6 Å². The molecule has 1 saturated heterocycles. The SMILES string of the molecule is Cc1ccn(-c2ccccc2CN=C(NCC(=O)N(C)C)NCC2CCCO2)n1.I. The number of halogens is 1. The number of hydrogen-bond acceptors (Lipinski definition) is 4. The van der Waals surface area contributed by atoms with E-state index in [4.69, 9.17) is 9.73 Å². The Labute approximate surface area is 195 Å². The largest absolute Gasteiger partial charge is 0.376 e. The first-order chi connectivity index (χ1) is 14.0. The summed E-state index contributed by atoms with van der Waals surface area (Å²) in [5.41, 5.74) is 3.01. The summed E-state index contributed by atoms with van der Waals surface area (Å²) in [7, 11) is 3.48. The van der Waals surface area contributed by atoms with Crippen molar-refractivity contribution < 1.29 is 9.53 Å². The second kappa shape index (κ2) is 11.9. The molecule has 1 aliphatic rings. The highest BCUT2D eigenvalue weighted by Gasteiger charge is 2.16. The highest BCUT2D eigenvalue weighted by Crippen LogP contribution is 2.15. The maximum atomic E-state index is 12.0. The lowest BCUT2D eigenvalue weighted by Gasteiger charge is -2.17. The number of para-hydroxylation sites is 1. The van der Waals surface area contributed by atoms with Crippen molar-refractivity contribution >= 4 is 35.8 Å². The van der Waals surface area contributed by atoms with Crippen molar-refractivity contribution in [1.29, 1.82) is 0 Å². The number of guanidine groups is 1. The third-order valence-corrected chi connectivity index (χ3v) is 4.80. The zero-order valence-electron chi connectivity index (χ0n) is 17.8. The van der Waals surface area contributed by atoms with Crippen LogP contribution in [0.5, 0.6) is 0 Å². The fourth-order valence-corrected chi connectivity index (χ4v) is 3.09. The molecule has 3 rings (SSSR count). The van der Waals surface area contributed by atoms with Gasteiger partial charge in [-0.05, 0) is 37.5 Å². The van der Waals surface area contributed by atoms with E-state index in [9.17, 15) is 4.79 Å². The Kier molecular flexibility index (Phi) is 9.57. The average Bonchev–Trinajstić information content (AvgIpc) is 3.39. The summed E-state index contributed by atoms with van der Waals surface area (Å²) in [6, 6.07) is 10.0. The number of likely N-dealkylation sites (N-methyl/N-ethyl adjacent to an activating group) is 1. The minimum Gasteiger partial charge on any atom is -0.376 e. The maximum absolute atomic E-state index is 12.0. The fourth-order valence-electron chi connectivity index (χ4n) is 3.09. The van der Waals surface area contributed by atoms with E-state index in [1.807, 2.05) is 48.1 Å². The van der Waals surface area contributed by atoms with Crippen LogP contribution in [0.2, 0.25) is 0 Å². The normalized spacial score (nSPS) is 16.1. The van der Waals surface area contributed by atoms with Crippen LogP contribution in [0.4, 0.5) is 0 Å². The van der Waals surface area contributed by atoms with E-state index in [-0.39, 0.29) is 42.5 Å². The smallest absolute Gasteiger partial charge is 0.241 e. The number of rotatable bonds is 7. The van der Waals surface area contributed by atoms with Gasteiger partial charge in [0.1, 0.15) is 0 Å². The molecule has 1 aromatic heterocycles. The third-order valence-electron chi connectivity index (χ3n) is 4.80. The monoisotopic (exact) mass is 526 g/mol. The Morgan fingerprint density at radius 3 is 2.77 bits per heavy atom. The average molecular weight is 526 g/mol. The van der Waals surface area contributed by atoms with E-state index in [1.165, 1.54) is 0 Å². The Morgan fingerprint density at radius 1 is 1.30 bits per heavy atom. The summed E-state index contributed by atoms with van der Waals surface area (Å²) in [6.07, 6.45) is 4.26. The van der Waals surface area contributed by atoms with Gasteiger partial charge in [-0.3, -0.25) is 4.79 Å². The maximum Gasteiger partial charge on any atom is 0.241 e. The molecule has 1 amide bonds. The van der Waals surface area contributed by atoms with E-state index in [0.717, 1.165) is 36.4 Å². The Morgan fingerprint density at radius 2 is 2.10 bits per heavy atom. The zero-order valence-corrected chi connectivity index (χ0v) is 20.1. The van der Waals surface area contributed by atoms with Gasteiger partial charge in [0.05, 0.1) is 30.6 Å². The molecule has 0 bridgehead atoms. The molecule has 8 nitrogen and oxygen atoms in total. The van der Waals surface area contributed by atoms with Crippen molar-refractivity contribution in [3.63, 3.8) is 0 Å². The van der Waals surface area contributed by atoms with E-state index in [1.54, 1.807) is 19.0 Å². The quantitative estimate of drug-likeness (QED) is 0.328. The number of carbonyl (C=O) groups excluding carboxylic acids is 1. The van der Waals surface area contributed by atoms with Crippen molar-refractivity contribution in [2.24, 2.45) is 4.99 Å². The number of nitrogens with one attached hydrogen (secondary N) is 2. The number of aryl methyl sites for hydroxylation is 1. The predicted octanol–water partition coefficient (Wildman–Crippen LogP) is 2.10. The number of aromatic nitrogens is 2. The molecular weight excluding hydrogens is 495 g/mol. The Balaban J connectivity index is 0.00000320. The molecule has 1 unspecified atom stereocenters. The lowest BCUT2D eigenvalue weighted by molar-refractivity contribution is -0.127.